The van der Waals surface area contributed by atoms with Gasteiger partial charge in [0.2, 0.25) is 0 Å². The monoisotopic (exact) mass is 464 g/mol. The van der Waals surface area contributed by atoms with Crippen LogP contribution in [0.3, 0.4) is 0 Å². The second-order valence-corrected chi connectivity index (χ2v) is 8.49. The van der Waals surface area contributed by atoms with Crippen molar-refractivity contribution >= 4 is 23.4 Å². The summed E-state index contributed by atoms with van der Waals surface area (Å²) in [6.45, 7) is 11.7. The van der Waals surface area contributed by atoms with Crippen molar-refractivity contribution in [3.63, 3.8) is 0 Å². The summed E-state index contributed by atoms with van der Waals surface area (Å²) in [4.78, 5) is 34.5. The Morgan fingerprint density at radius 3 is 2.69 bits per heavy atom. The number of hydrogen-bond acceptors (Lipinski definition) is 5. The number of amides is 1. The van der Waals surface area contributed by atoms with Gasteiger partial charge in [-0.3, -0.25) is 9.69 Å². The first-order valence-electron chi connectivity index (χ1n) is 10.9. The predicted octanol–water partition coefficient (Wildman–Crippen LogP) is 5.00. The van der Waals surface area contributed by atoms with Crippen molar-refractivity contribution in [3.8, 4) is 22.6 Å². The molecule has 5 rings (SSSR count). The predicted molar refractivity (Wildman–Crippen MR) is 129 cm³/mol. The SMILES string of the molecule is [C-]#[N+]c1cc(C(=O)O)cc(-c2ccc3c(c2)C(=O)N(c2cccc(-c4nncn4C(C)C)n2)C3)c1. The molecule has 2 aromatic heterocycles. The maximum Gasteiger partial charge on any atom is 0.334 e. The molecular formula is C26H20N6O3. The molecule has 0 fully saturated rings. The highest BCUT2D eigenvalue weighted by atomic mass is 16.4. The maximum absolute atomic E-state index is 13.4. The Bertz CT molecular complexity index is 1530. The topological polar surface area (TPSA) is 106 Å². The summed E-state index contributed by atoms with van der Waals surface area (Å²) in [6, 6.07) is 15.5. The van der Waals surface area contributed by atoms with Crippen LogP contribution in [0.5, 0.6) is 0 Å². The van der Waals surface area contributed by atoms with Crippen LogP contribution in [0.1, 0.15) is 46.2 Å². The van der Waals surface area contributed by atoms with Crippen LogP contribution in [-0.2, 0) is 6.54 Å². The third-order valence-electron chi connectivity index (χ3n) is 5.91. The standard InChI is InChI=1S/C26H20N6O3/c1-15(2)32-14-28-30-24(32)22-5-4-6-23(29-22)31-13-17-8-7-16(12-21(17)25(31)33)18-9-19(26(34)35)11-20(10-18)27-3/h4-12,14-15H,13H2,1-2H3,(H,34,35). The van der Waals surface area contributed by atoms with Crippen molar-refractivity contribution in [1.29, 1.82) is 0 Å². The molecule has 9 nitrogen and oxygen atoms in total. The van der Waals surface area contributed by atoms with E-state index < -0.39 is 5.97 Å². The summed E-state index contributed by atoms with van der Waals surface area (Å²) in [5, 5.41) is 17.6. The zero-order valence-corrected chi connectivity index (χ0v) is 19.0. The van der Waals surface area contributed by atoms with Crippen molar-refractivity contribution in [3.05, 3.63) is 89.0 Å². The number of carboxylic acids is 1. The van der Waals surface area contributed by atoms with Gasteiger partial charge in [0.15, 0.2) is 11.5 Å². The number of pyridine rings is 1. The zero-order valence-electron chi connectivity index (χ0n) is 19.0. The zero-order chi connectivity index (χ0) is 24.7. The summed E-state index contributed by atoms with van der Waals surface area (Å²) in [5.74, 6) is -0.176. The Morgan fingerprint density at radius 1 is 1.11 bits per heavy atom. The number of hydrogen-bond donors (Lipinski definition) is 1. The van der Waals surface area contributed by atoms with Gasteiger partial charge in [0.05, 0.1) is 13.1 Å². The molecule has 1 amide bonds. The Labute approximate surface area is 201 Å². The third-order valence-corrected chi connectivity index (χ3v) is 5.91. The number of rotatable bonds is 5. The van der Waals surface area contributed by atoms with Crippen LogP contribution in [0.4, 0.5) is 11.5 Å². The fourth-order valence-corrected chi connectivity index (χ4v) is 4.13. The second-order valence-electron chi connectivity index (χ2n) is 8.49. The maximum atomic E-state index is 13.4. The van der Waals surface area contributed by atoms with Gasteiger partial charge < -0.3 is 9.67 Å². The molecule has 4 aromatic rings. The molecule has 0 radical (unpaired) electrons. The lowest BCUT2D eigenvalue weighted by Crippen LogP contribution is -2.24. The molecule has 1 aliphatic rings. The van der Waals surface area contributed by atoms with Crippen molar-refractivity contribution in [2.75, 3.05) is 4.90 Å². The smallest absolute Gasteiger partial charge is 0.334 e. The van der Waals surface area contributed by atoms with E-state index in [1.807, 2.05) is 42.7 Å². The number of nitrogens with zero attached hydrogens (tertiary/aromatic N) is 6. The van der Waals surface area contributed by atoms with E-state index in [0.717, 1.165) is 5.56 Å². The van der Waals surface area contributed by atoms with E-state index in [9.17, 15) is 14.7 Å². The minimum atomic E-state index is -1.11. The molecule has 0 unspecified atom stereocenters. The largest absolute Gasteiger partial charge is 0.478 e. The lowest BCUT2D eigenvalue weighted by atomic mass is 9.98. The van der Waals surface area contributed by atoms with Crippen molar-refractivity contribution in [2.45, 2.75) is 26.4 Å². The Morgan fingerprint density at radius 2 is 1.94 bits per heavy atom. The van der Waals surface area contributed by atoms with E-state index in [2.05, 4.69) is 15.0 Å². The van der Waals surface area contributed by atoms with Crippen LogP contribution in [0, 0.1) is 6.57 Å². The first-order chi connectivity index (χ1) is 16.9. The Hall–Kier alpha value is -4.84. The second kappa shape index (κ2) is 8.50. The number of aromatic nitrogens is 4. The van der Waals surface area contributed by atoms with E-state index >= 15 is 0 Å². The van der Waals surface area contributed by atoms with Crippen LogP contribution < -0.4 is 4.90 Å². The van der Waals surface area contributed by atoms with Crippen LogP contribution in [-0.4, -0.2) is 36.7 Å². The van der Waals surface area contributed by atoms with Gasteiger partial charge in [-0.1, -0.05) is 18.2 Å². The summed E-state index contributed by atoms with van der Waals surface area (Å²) in [7, 11) is 0. The Kier molecular flexibility index (Phi) is 5.34. The number of aromatic carboxylic acids is 1. The lowest BCUT2D eigenvalue weighted by Gasteiger charge is -2.16. The normalized spacial score (nSPS) is 12.6. The molecule has 0 spiro atoms. The average Bonchev–Trinajstić information content (AvgIpc) is 3.49. The van der Waals surface area contributed by atoms with Crippen LogP contribution in [0.15, 0.2) is 60.9 Å². The molecule has 3 heterocycles. The third kappa shape index (κ3) is 3.91. The molecule has 0 bridgehead atoms. The summed E-state index contributed by atoms with van der Waals surface area (Å²) < 4.78 is 1.92. The summed E-state index contributed by atoms with van der Waals surface area (Å²) in [5.41, 5.74) is 3.47. The number of benzene rings is 2. The van der Waals surface area contributed by atoms with Crippen molar-refractivity contribution in [2.24, 2.45) is 0 Å². The summed E-state index contributed by atoms with van der Waals surface area (Å²) >= 11 is 0. The van der Waals surface area contributed by atoms with Gasteiger partial charge in [0, 0.05) is 17.2 Å². The van der Waals surface area contributed by atoms with E-state index in [4.69, 9.17) is 11.6 Å². The number of carbonyl (C=O) groups excluding carboxylic acids is 1. The van der Waals surface area contributed by atoms with Crippen molar-refractivity contribution in [1.82, 2.24) is 19.7 Å². The van der Waals surface area contributed by atoms with Crippen molar-refractivity contribution < 1.29 is 14.7 Å². The lowest BCUT2D eigenvalue weighted by molar-refractivity contribution is 0.0696. The molecule has 0 saturated heterocycles. The fourth-order valence-electron chi connectivity index (χ4n) is 4.13. The molecule has 9 heteroatoms. The van der Waals surface area contributed by atoms with Crippen LogP contribution >= 0.6 is 0 Å². The molecular weight excluding hydrogens is 444 g/mol. The minimum Gasteiger partial charge on any atom is -0.478 e. The molecule has 0 aliphatic carbocycles. The van der Waals surface area contributed by atoms with E-state index in [-0.39, 0.29) is 23.2 Å². The van der Waals surface area contributed by atoms with Gasteiger partial charge in [-0.2, -0.15) is 0 Å². The average molecular weight is 464 g/mol. The summed E-state index contributed by atoms with van der Waals surface area (Å²) in [6.07, 6.45) is 1.66. The van der Waals surface area contributed by atoms with Gasteiger partial charge in [-0.15, -0.1) is 10.2 Å². The van der Waals surface area contributed by atoms with Gasteiger partial charge in [-0.25, -0.2) is 14.6 Å². The fraction of sp³-hybridized carbons (Fsp3) is 0.154. The number of fused-ring (bicyclic) bond motifs is 1. The number of carboxylic acid groups (broad SMARTS) is 1. The molecule has 1 aliphatic heterocycles. The number of carbonyl (C=O) groups is 2. The quantitative estimate of drug-likeness (QED) is 0.417. The first-order valence-corrected chi connectivity index (χ1v) is 10.9. The van der Waals surface area contributed by atoms with E-state index in [1.54, 1.807) is 29.4 Å². The van der Waals surface area contributed by atoms with Gasteiger partial charge >= 0.3 is 5.97 Å². The molecule has 172 valence electrons. The molecule has 0 saturated carbocycles. The van der Waals surface area contributed by atoms with Crippen LogP contribution in [0.2, 0.25) is 0 Å². The van der Waals surface area contributed by atoms with Gasteiger partial charge in [0.25, 0.3) is 5.91 Å². The highest BCUT2D eigenvalue weighted by Crippen LogP contribution is 2.33. The van der Waals surface area contributed by atoms with E-state index in [1.165, 1.54) is 12.1 Å². The van der Waals surface area contributed by atoms with Crippen LogP contribution in [0.25, 0.3) is 27.5 Å². The highest BCUT2D eigenvalue weighted by molar-refractivity contribution is 6.10. The Balaban J connectivity index is 1.49. The van der Waals surface area contributed by atoms with Gasteiger partial charge in [0.1, 0.15) is 17.8 Å². The minimum absolute atomic E-state index is 0.0252. The van der Waals surface area contributed by atoms with Gasteiger partial charge in [-0.05, 0) is 66.9 Å². The molecule has 1 N–H and O–H groups in total. The number of anilines is 1. The first kappa shape index (κ1) is 22.0. The molecule has 35 heavy (non-hydrogen) atoms. The molecule has 0 atom stereocenters. The highest BCUT2D eigenvalue weighted by Gasteiger charge is 2.30. The van der Waals surface area contributed by atoms with E-state index in [0.29, 0.717) is 40.6 Å². The molecule has 2 aromatic carbocycles.